The third-order valence-corrected chi connectivity index (χ3v) is 0.648. The van der Waals surface area contributed by atoms with Gasteiger partial charge in [-0.2, -0.15) is 0 Å². The summed E-state index contributed by atoms with van der Waals surface area (Å²) in [5.74, 6) is 4.77. The number of carbonyl (C=O) groups is 2. The second-order valence-electron chi connectivity index (χ2n) is 2.65. The molecule has 0 fully saturated rings. The van der Waals surface area contributed by atoms with E-state index in [0.29, 0.717) is 0 Å². The molecule has 86 valence electrons. The van der Waals surface area contributed by atoms with Gasteiger partial charge in [0.2, 0.25) is 0 Å². The first-order valence-electron chi connectivity index (χ1n) is 3.66. The van der Waals surface area contributed by atoms with Crippen LogP contribution < -0.4 is 0 Å². The van der Waals surface area contributed by atoms with E-state index in [1.54, 1.807) is 13.8 Å². The zero-order valence-electron chi connectivity index (χ0n) is 8.22. The van der Waals surface area contributed by atoms with Gasteiger partial charge in [-0.15, -0.1) is 0 Å². The molecule has 15 heavy (non-hydrogen) atoms. The number of aliphatic hydroxyl groups is 2. The van der Waals surface area contributed by atoms with Gasteiger partial charge in [0.05, 0.1) is 0 Å². The van der Waals surface area contributed by atoms with Crippen molar-refractivity contribution in [1.29, 1.82) is 0 Å². The highest BCUT2D eigenvalue weighted by molar-refractivity contribution is 5.74. The summed E-state index contributed by atoms with van der Waals surface area (Å²) in [4.78, 5) is 18.4. The lowest BCUT2D eigenvalue weighted by Crippen LogP contribution is -2.14. The van der Waals surface area contributed by atoms with Crippen molar-refractivity contribution in [3.8, 4) is 11.8 Å². The number of carboxylic acid groups (broad SMARTS) is 2. The highest BCUT2D eigenvalue weighted by atomic mass is 16.7. The summed E-state index contributed by atoms with van der Waals surface area (Å²) in [6.45, 7) is 2.94. The molecule has 0 aromatic carbocycles. The molecular formula is C8H12O7. The third kappa shape index (κ3) is 24.5. The fourth-order valence-electron chi connectivity index (χ4n) is 0.331. The van der Waals surface area contributed by atoms with Crippen molar-refractivity contribution in [2.24, 2.45) is 0 Å². The molecule has 4 N–H and O–H groups in total. The van der Waals surface area contributed by atoms with Gasteiger partial charge in [0.25, 0.3) is 0 Å². The first-order chi connectivity index (χ1) is 6.69. The summed E-state index contributed by atoms with van der Waals surface area (Å²) < 4.78 is 3.08. The van der Waals surface area contributed by atoms with Gasteiger partial charge in [-0.1, -0.05) is 11.8 Å². The van der Waals surface area contributed by atoms with E-state index < -0.39 is 17.9 Å². The first kappa shape index (κ1) is 15.7. The SMILES string of the molecule is CC(C)(O)C#CCO.O=C(O)OC(=O)O. The van der Waals surface area contributed by atoms with Gasteiger partial charge in [0.1, 0.15) is 12.2 Å². The second-order valence-corrected chi connectivity index (χ2v) is 2.65. The van der Waals surface area contributed by atoms with Gasteiger partial charge in [0, 0.05) is 0 Å². The first-order valence-corrected chi connectivity index (χ1v) is 3.66. The molecular weight excluding hydrogens is 208 g/mol. The summed E-state index contributed by atoms with van der Waals surface area (Å²) in [5, 5.41) is 32.0. The van der Waals surface area contributed by atoms with Crippen LogP contribution >= 0.6 is 0 Å². The van der Waals surface area contributed by atoms with Gasteiger partial charge >= 0.3 is 12.3 Å². The van der Waals surface area contributed by atoms with E-state index in [1.165, 1.54) is 0 Å². The highest BCUT2D eigenvalue weighted by Crippen LogP contribution is 1.95. The average Bonchev–Trinajstić information content (AvgIpc) is 1.97. The molecule has 0 unspecified atom stereocenters. The maximum absolute atomic E-state index is 9.21. The van der Waals surface area contributed by atoms with Crippen LogP contribution in [0.2, 0.25) is 0 Å². The second kappa shape index (κ2) is 7.61. The monoisotopic (exact) mass is 220 g/mol. The Morgan fingerprint density at radius 3 is 1.73 bits per heavy atom. The molecule has 7 nitrogen and oxygen atoms in total. The predicted octanol–water partition coefficient (Wildman–Crippen LogP) is 0.112. The molecule has 0 bridgehead atoms. The van der Waals surface area contributed by atoms with Crippen molar-refractivity contribution in [1.82, 2.24) is 0 Å². The minimum Gasteiger partial charge on any atom is -0.449 e. The maximum atomic E-state index is 9.21. The molecule has 0 amide bonds. The number of rotatable bonds is 0. The van der Waals surface area contributed by atoms with Gasteiger partial charge < -0.3 is 25.2 Å². The Morgan fingerprint density at radius 2 is 1.67 bits per heavy atom. The Hall–Kier alpha value is -1.78. The van der Waals surface area contributed by atoms with Crippen LogP contribution in [0.4, 0.5) is 9.59 Å². The Kier molecular flexibility index (Phi) is 7.95. The van der Waals surface area contributed by atoms with E-state index in [2.05, 4.69) is 16.6 Å². The molecule has 0 radical (unpaired) electrons. The number of aliphatic hydroxyl groups excluding tert-OH is 1. The highest BCUT2D eigenvalue weighted by Gasteiger charge is 2.04. The normalized spacial score (nSPS) is 8.80. The third-order valence-electron chi connectivity index (χ3n) is 0.648. The fraction of sp³-hybridized carbons (Fsp3) is 0.500. The van der Waals surface area contributed by atoms with Gasteiger partial charge in [-0.25, -0.2) is 9.59 Å². The molecule has 0 atom stereocenters. The largest absolute Gasteiger partial charge is 0.516 e. The van der Waals surface area contributed by atoms with Crippen LogP contribution in [-0.2, 0) is 4.74 Å². The lowest BCUT2D eigenvalue weighted by atomic mass is 10.1. The van der Waals surface area contributed by atoms with Crippen molar-refractivity contribution in [2.45, 2.75) is 19.4 Å². The molecule has 0 aromatic rings. The molecule has 0 heterocycles. The summed E-state index contributed by atoms with van der Waals surface area (Å²) in [5.41, 5.74) is -0.970. The predicted molar refractivity (Wildman–Crippen MR) is 48.3 cm³/mol. The van der Waals surface area contributed by atoms with Crippen molar-refractivity contribution >= 4 is 12.3 Å². The van der Waals surface area contributed by atoms with Gasteiger partial charge in [-0.05, 0) is 13.8 Å². The van der Waals surface area contributed by atoms with E-state index in [1.807, 2.05) is 0 Å². The lowest BCUT2D eigenvalue weighted by molar-refractivity contribution is 0.0801. The van der Waals surface area contributed by atoms with Crippen LogP contribution in [-0.4, -0.2) is 44.9 Å². The molecule has 0 saturated heterocycles. The molecule has 0 saturated carbocycles. The van der Waals surface area contributed by atoms with Crippen LogP contribution in [0.5, 0.6) is 0 Å². The molecule has 0 aliphatic carbocycles. The fourth-order valence-corrected chi connectivity index (χ4v) is 0.331. The smallest absolute Gasteiger partial charge is 0.449 e. The quantitative estimate of drug-likeness (QED) is 0.259. The Labute approximate surface area is 85.9 Å². The molecule has 0 spiro atoms. The molecule has 0 rings (SSSR count). The summed E-state index contributed by atoms with van der Waals surface area (Å²) in [6, 6.07) is 0. The van der Waals surface area contributed by atoms with Crippen LogP contribution in [0.3, 0.4) is 0 Å². The molecule has 7 heteroatoms. The van der Waals surface area contributed by atoms with E-state index in [4.69, 9.17) is 20.4 Å². The Balaban J connectivity index is 0. The number of ether oxygens (including phenoxy) is 1. The number of hydrogen-bond donors (Lipinski definition) is 4. The Bertz CT molecular complexity index is 253. The standard InChI is InChI=1S/C6H10O2.C2H2O5/c1-6(2,8)4-3-5-7;3-1(4)7-2(5)6/h7-8H,5H2,1-2H3;(H,3,4)(H,5,6). The summed E-state index contributed by atoms with van der Waals surface area (Å²) in [6.07, 6.45) is -3.62. The van der Waals surface area contributed by atoms with E-state index >= 15 is 0 Å². The van der Waals surface area contributed by atoms with Crippen LogP contribution in [0.25, 0.3) is 0 Å². The average molecular weight is 220 g/mol. The van der Waals surface area contributed by atoms with Crippen LogP contribution in [0.1, 0.15) is 13.8 Å². The number of hydrogen-bond acceptors (Lipinski definition) is 5. The van der Waals surface area contributed by atoms with E-state index in [9.17, 15) is 9.59 Å². The lowest BCUT2D eigenvalue weighted by Gasteiger charge is -2.05. The zero-order valence-corrected chi connectivity index (χ0v) is 8.22. The van der Waals surface area contributed by atoms with Gasteiger partial charge in [-0.3, -0.25) is 0 Å². The van der Waals surface area contributed by atoms with Gasteiger partial charge in [0.15, 0.2) is 0 Å². The van der Waals surface area contributed by atoms with Crippen molar-refractivity contribution in [3.63, 3.8) is 0 Å². The molecule has 0 aliphatic rings. The molecule has 0 aliphatic heterocycles. The Morgan fingerprint density at radius 1 is 1.27 bits per heavy atom. The summed E-state index contributed by atoms with van der Waals surface area (Å²) >= 11 is 0. The van der Waals surface area contributed by atoms with E-state index in [-0.39, 0.29) is 6.61 Å². The minimum atomic E-state index is -1.81. The minimum absolute atomic E-state index is 0.190. The van der Waals surface area contributed by atoms with Crippen molar-refractivity contribution in [3.05, 3.63) is 0 Å². The summed E-state index contributed by atoms with van der Waals surface area (Å²) in [7, 11) is 0. The van der Waals surface area contributed by atoms with Crippen LogP contribution in [0, 0.1) is 11.8 Å². The zero-order chi connectivity index (χ0) is 12.5. The molecule has 0 aromatic heterocycles. The van der Waals surface area contributed by atoms with Crippen molar-refractivity contribution in [2.75, 3.05) is 6.61 Å². The maximum Gasteiger partial charge on any atom is 0.516 e. The van der Waals surface area contributed by atoms with Crippen LogP contribution in [0.15, 0.2) is 0 Å². The van der Waals surface area contributed by atoms with Crippen molar-refractivity contribution < 1.29 is 34.8 Å². The van der Waals surface area contributed by atoms with E-state index in [0.717, 1.165) is 0 Å². The topological polar surface area (TPSA) is 124 Å².